The van der Waals surface area contributed by atoms with Gasteiger partial charge < -0.3 is 14.4 Å². The molecule has 23 heavy (non-hydrogen) atoms. The second-order valence-electron chi connectivity index (χ2n) is 6.25. The van der Waals surface area contributed by atoms with E-state index in [0.717, 1.165) is 0 Å². The fourth-order valence-electron chi connectivity index (χ4n) is 2.38. The Kier molecular flexibility index (Phi) is 4.86. The smallest absolute Gasteiger partial charge is 0.240 e. The molecule has 0 bridgehead atoms. The highest BCUT2D eigenvalue weighted by atomic mass is 32.2. The van der Waals surface area contributed by atoms with E-state index in [0.29, 0.717) is 18.0 Å². The third kappa shape index (κ3) is 4.14. The second kappa shape index (κ2) is 6.37. The molecule has 0 saturated carbocycles. The molecule has 8 heteroatoms. The summed E-state index contributed by atoms with van der Waals surface area (Å²) in [5.41, 5.74) is -0.365. The number of sulfonamides is 1. The Bertz CT molecular complexity index is 694. The summed E-state index contributed by atoms with van der Waals surface area (Å²) in [4.78, 5) is 13.4. The number of nitrogens with zero attached hydrogens (tertiary/aromatic N) is 1. The first-order valence-electron chi connectivity index (χ1n) is 7.29. The summed E-state index contributed by atoms with van der Waals surface area (Å²) >= 11 is 0. The predicted octanol–water partition coefficient (Wildman–Crippen LogP) is 1.34. The van der Waals surface area contributed by atoms with Gasteiger partial charge in [0.2, 0.25) is 22.7 Å². The van der Waals surface area contributed by atoms with Crippen LogP contribution >= 0.6 is 0 Å². The zero-order valence-electron chi connectivity index (χ0n) is 13.8. The number of amides is 1. The summed E-state index contributed by atoms with van der Waals surface area (Å²) in [7, 11) is -3.67. The predicted molar refractivity (Wildman–Crippen MR) is 84.9 cm³/mol. The number of hydrogen-bond acceptors (Lipinski definition) is 5. The normalized spacial score (nSPS) is 13.9. The lowest BCUT2D eigenvalue weighted by Gasteiger charge is -2.35. The number of nitrogens with one attached hydrogen (secondary N) is 1. The van der Waals surface area contributed by atoms with E-state index in [1.165, 1.54) is 19.1 Å². The van der Waals surface area contributed by atoms with Crippen LogP contribution in [-0.2, 0) is 14.8 Å². The molecule has 0 spiro atoms. The van der Waals surface area contributed by atoms with Crippen LogP contribution in [0.25, 0.3) is 0 Å². The standard InChI is InChI=1S/C15H22N2O5S/c1-11(18)17(15(2,3)4)8-7-16-23(19,20)12-5-6-13-14(9-12)22-10-21-13/h5-6,9,16H,7-8,10H2,1-4H3. The van der Waals surface area contributed by atoms with Gasteiger partial charge in [-0.2, -0.15) is 0 Å². The maximum atomic E-state index is 12.3. The first kappa shape index (κ1) is 17.6. The Morgan fingerprint density at radius 3 is 2.52 bits per heavy atom. The van der Waals surface area contributed by atoms with Crippen LogP contribution in [0, 0.1) is 0 Å². The van der Waals surface area contributed by atoms with Gasteiger partial charge in [-0.3, -0.25) is 4.79 Å². The van der Waals surface area contributed by atoms with Crippen LogP contribution in [0.3, 0.4) is 0 Å². The molecule has 0 unspecified atom stereocenters. The van der Waals surface area contributed by atoms with Gasteiger partial charge >= 0.3 is 0 Å². The Hall–Kier alpha value is -1.80. The van der Waals surface area contributed by atoms with Crippen LogP contribution in [0.4, 0.5) is 0 Å². The van der Waals surface area contributed by atoms with Crippen LogP contribution in [0.2, 0.25) is 0 Å². The molecule has 1 heterocycles. The lowest BCUT2D eigenvalue weighted by atomic mass is 10.1. The number of rotatable bonds is 5. The molecule has 0 radical (unpaired) electrons. The van der Waals surface area contributed by atoms with Gasteiger partial charge in [0, 0.05) is 31.6 Å². The van der Waals surface area contributed by atoms with Crippen LogP contribution in [-0.4, -0.2) is 44.6 Å². The maximum Gasteiger partial charge on any atom is 0.240 e. The van der Waals surface area contributed by atoms with Gasteiger partial charge in [-0.25, -0.2) is 13.1 Å². The Labute approximate surface area is 136 Å². The number of hydrogen-bond donors (Lipinski definition) is 1. The minimum Gasteiger partial charge on any atom is -0.454 e. The van der Waals surface area contributed by atoms with Crippen molar-refractivity contribution in [3.05, 3.63) is 18.2 Å². The van der Waals surface area contributed by atoms with E-state index in [1.807, 2.05) is 20.8 Å². The zero-order chi connectivity index (χ0) is 17.3. The van der Waals surface area contributed by atoms with Crippen LogP contribution in [0.15, 0.2) is 23.1 Å². The maximum absolute atomic E-state index is 12.3. The highest BCUT2D eigenvalue weighted by Gasteiger charge is 2.25. The van der Waals surface area contributed by atoms with E-state index in [-0.39, 0.29) is 29.7 Å². The van der Waals surface area contributed by atoms with Gasteiger partial charge in [0.05, 0.1) is 4.90 Å². The number of carbonyl (C=O) groups excluding carboxylic acids is 1. The van der Waals surface area contributed by atoms with Gasteiger partial charge in [0.25, 0.3) is 0 Å². The Morgan fingerprint density at radius 1 is 1.26 bits per heavy atom. The SMILES string of the molecule is CC(=O)N(CCNS(=O)(=O)c1ccc2c(c1)OCO2)C(C)(C)C. The molecule has 0 fully saturated rings. The summed E-state index contributed by atoms with van der Waals surface area (Å²) in [6.45, 7) is 7.70. The molecule has 0 atom stereocenters. The molecular weight excluding hydrogens is 320 g/mol. The van der Waals surface area contributed by atoms with Crippen molar-refractivity contribution < 1.29 is 22.7 Å². The molecule has 0 aliphatic carbocycles. The molecule has 1 aromatic rings. The molecule has 1 aliphatic heterocycles. The third-order valence-corrected chi connectivity index (χ3v) is 4.93. The monoisotopic (exact) mass is 342 g/mol. The first-order valence-corrected chi connectivity index (χ1v) is 8.77. The molecule has 1 N–H and O–H groups in total. The van der Waals surface area contributed by atoms with Crippen LogP contribution in [0.5, 0.6) is 11.5 Å². The van der Waals surface area contributed by atoms with Gasteiger partial charge in [-0.1, -0.05) is 0 Å². The topological polar surface area (TPSA) is 84.9 Å². The van der Waals surface area contributed by atoms with Gasteiger partial charge in [-0.05, 0) is 32.9 Å². The molecule has 0 aromatic heterocycles. The van der Waals surface area contributed by atoms with E-state index in [2.05, 4.69) is 4.72 Å². The van der Waals surface area contributed by atoms with Crippen molar-refractivity contribution in [2.24, 2.45) is 0 Å². The van der Waals surface area contributed by atoms with E-state index in [4.69, 9.17) is 9.47 Å². The molecule has 0 saturated heterocycles. The van der Waals surface area contributed by atoms with E-state index >= 15 is 0 Å². The fraction of sp³-hybridized carbons (Fsp3) is 0.533. The van der Waals surface area contributed by atoms with Crippen LogP contribution < -0.4 is 14.2 Å². The van der Waals surface area contributed by atoms with Crippen molar-refractivity contribution in [2.45, 2.75) is 38.1 Å². The van der Waals surface area contributed by atoms with Crippen LogP contribution in [0.1, 0.15) is 27.7 Å². The summed E-state index contributed by atoms with van der Waals surface area (Å²) in [6, 6.07) is 4.45. The van der Waals surface area contributed by atoms with Crippen molar-refractivity contribution >= 4 is 15.9 Å². The average Bonchev–Trinajstić information content (AvgIpc) is 2.89. The molecule has 1 aliphatic rings. The Morgan fingerprint density at radius 2 is 1.91 bits per heavy atom. The van der Waals surface area contributed by atoms with Crippen molar-refractivity contribution in [2.75, 3.05) is 19.9 Å². The fourth-order valence-corrected chi connectivity index (χ4v) is 3.42. The molecule has 7 nitrogen and oxygen atoms in total. The number of ether oxygens (including phenoxy) is 2. The van der Waals surface area contributed by atoms with Gasteiger partial charge in [0.1, 0.15) is 0 Å². The third-order valence-electron chi connectivity index (χ3n) is 3.47. The van der Waals surface area contributed by atoms with Crippen molar-refractivity contribution in [3.8, 4) is 11.5 Å². The number of benzene rings is 1. The Balaban J connectivity index is 2.03. The average molecular weight is 342 g/mol. The zero-order valence-corrected chi connectivity index (χ0v) is 14.6. The highest BCUT2D eigenvalue weighted by molar-refractivity contribution is 7.89. The van der Waals surface area contributed by atoms with Crippen molar-refractivity contribution in [1.82, 2.24) is 9.62 Å². The van der Waals surface area contributed by atoms with Crippen molar-refractivity contribution in [1.29, 1.82) is 0 Å². The first-order chi connectivity index (χ1) is 10.6. The largest absolute Gasteiger partial charge is 0.454 e. The molecular formula is C15H22N2O5S. The molecule has 1 amide bonds. The van der Waals surface area contributed by atoms with Gasteiger partial charge in [0.15, 0.2) is 11.5 Å². The van der Waals surface area contributed by atoms with Crippen molar-refractivity contribution in [3.63, 3.8) is 0 Å². The molecule has 2 rings (SSSR count). The number of fused-ring (bicyclic) bond motifs is 1. The lowest BCUT2D eigenvalue weighted by molar-refractivity contribution is -0.133. The quantitative estimate of drug-likeness (QED) is 0.873. The van der Waals surface area contributed by atoms with Gasteiger partial charge in [-0.15, -0.1) is 0 Å². The number of carbonyl (C=O) groups is 1. The summed E-state index contributed by atoms with van der Waals surface area (Å²) in [5, 5.41) is 0. The summed E-state index contributed by atoms with van der Waals surface area (Å²) in [5.74, 6) is 0.840. The molecule has 128 valence electrons. The summed E-state index contributed by atoms with van der Waals surface area (Å²) < 4.78 is 37.5. The minimum atomic E-state index is -3.67. The van der Waals surface area contributed by atoms with E-state index in [9.17, 15) is 13.2 Å². The highest BCUT2D eigenvalue weighted by Crippen LogP contribution is 2.33. The second-order valence-corrected chi connectivity index (χ2v) is 8.02. The molecule has 1 aromatic carbocycles. The minimum absolute atomic E-state index is 0.0887. The lowest BCUT2D eigenvalue weighted by Crippen LogP contribution is -2.48. The van der Waals surface area contributed by atoms with E-state index < -0.39 is 10.0 Å². The summed E-state index contributed by atoms with van der Waals surface area (Å²) in [6.07, 6.45) is 0. The van der Waals surface area contributed by atoms with E-state index in [1.54, 1.807) is 11.0 Å².